The van der Waals surface area contributed by atoms with E-state index in [2.05, 4.69) is 5.32 Å². The Morgan fingerprint density at radius 3 is 2.52 bits per heavy atom. The van der Waals surface area contributed by atoms with E-state index < -0.39 is 11.7 Å². The van der Waals surface area contributed by atoms with Crippen molar-refractivity contribution in [1.29, 1.82) is 0 Å². The number of halogens is 5. The molecule has 2 nitrogen and oxygen atoms in total. The van der Waals surface area contributed by atoms with E-state index in [4.69, 9.17) is 17.3 Å². The van der Waals surface area contributed by atoms with Crippen LogP contribution in [0.5, 0.6) is 0 Å². The molecule has 0 aliphatic heterocycles. The van der Waals surface area contributed by atoms with Gasteiger partial charge < -0.3 is 11.1 Å². The summed E-state index contributed by atoms with van der Waals surface area (Å²) < 4.78 is 39.2. The number of fused-ring (bicyclic) bond motifs is 1. The van der Waals surface area contributed by atoms with Crippen LogP contribution in [-0.2, 0) is 6.18 Å². The third-order valence-electron chi connectivity index (χ3n) is 3.14. The second-order valence-corrected chi connectivity index (χ2v) is 6.21. The van der Waals surface area contributed by atoms with Gasteiger partial charge in [0.25, 0.3) is 0 Å². The highest BCUT2D eigenvalue weighted by Gasteiger charge is 2.30. The summed E-state index contributed by atoms with van der Waals surface area (Å²) in [5.74, 6) is 0. The number of thiophene rings is 1. The van der Waals surface area contributed by atoms with Gasteiger partial charge in [-0.1, -0.05) is 17.7 Å². The first-order valence-electron chi connectivity index (χ1n) is 6.26. The molecule has 0 aliphatic rings. The molecule has 1 aromatic heterocycles. The Kier molecular flexibility index (Phi) is 4.98. The van der Waals surface area contributed by atoms with Crippen LogP contribution in [0, 0.1) is 0 Å². The Balaban J connectivity index is 0.00000192. The summed E-state index contributed by atoms with van der Waals surface area (Å²) in [6.45, 7) is 0. The zero-order chi connectivity index (χ0) is 15.9. The van der Waals surface area contributed by atoms with E-state index in [1.807, 2.05) is 6.07 Å². The zero-order valence-electron chi connectivity index (χ0n) is 11.4. The van der Waals surface area contributed by atoms with Crippen molar-refractivity contribution in [3.63, 3.8) is 0 Å². The number of rotatable bonds is 2. The van der Waals surface area contributed by atoms with Gasteiger partial charge in [-0.25, -0.2) is 0 Å². The van der Waals surface area contributed by atoms with Gasteiger partial charge in [-0.15, -0.1) is 23.7 Å². The van der Waals surface area contributed by atoms with Gasteiger partial charge in [-0.2, -0.15) is 13.2 Å². The zero-order valence-corrected chi connectivity index (χ0v) is 13.8. The number of hydrogen-bond acceptors (Lipinski definition) is 3. The minimum atomic E-state index is -4.39. The molecular weight excluding hydrogens is 368 g/mol. The van der Waals surface area contributed by atoms with Crippen molar-refractivity contribution in [3.05, 3.63) is 53.1 Å². The van der Waals surface area contributed by atoms with E-state index in [1.54, 1.807) is 18.2 Å². The van der Waals surface area contributed by atoms with Crippen molar-refractivity contribution in [2.45, 2.75) is 6.18 Å². The van der Waals surface area contributed by atoms with E-state index >= 15 is 0 Å². The standard InChI is InChI=1S/C15H10ClF3N2S.ClH/c16-9-4-5-12-11(7-9)13(14(20)22-12)21-10-3-1-2-8(6-10)15(17,18)19;/h1-7,21H,20H2;1H. The van der Waals surface area contributed by atoms with Crippen molar-refractivity contribution in [1.82, 2.24) is 0 Å². The Bertz CT molecular complexity index is 846. The maximum atomic E-state index is 12.8. The van der Waals surface area contributed by atoms with Crippen molar-refractivity contribution in [3.8, 4) is 0 Å². The van der Waals surface area contributed by atoms with Gasteiger partial charge in [-0.3, -0.25) is 0 Å². The maximum Gasteiger partial charge on any atom is 0.416 e. The highest BCUT2D eigenvalue weighted by atomic mass is 35.5. The van der Waals surface area contributed by atoms with Crippen LogP contribution >= 0.6 is 35.3 Å². The van der Waals surface area contributed by atoms with Gasteiger partial charge in [0.05, 0.1) is 11.3 Å². The van der Waals surface area contributed by atoms with Crippen molar-refractivity contribution < 1.29 is 13.2 Å². The summed E-state index contributed by atoms with van der Waals surface area (Å²) in [7, 11) is 0. The molecule has 0 atom stereocenters. The van der Waals surface area contributed by atoms with E-state index in [1.165, 1.54) is 17.4 Å². The van der Waals surface area contributed by atoms with Crippen molar-refractivity contribution >= 4 is 61.8 Å². The predicted octanol–water partition coefficient (Wildman–Crippen LogP) is 6.32. The lowest BCUT2D eigenvalue weighted by molar-refractivity contribution is -0.137. The molecule has 8 heteroatoms. The summed E-state index contributed by atoms with van der Waals surface area (Å²) >= 11 is 7.33. The number of anilines is 3. The number of nitrogens with one attached hydrogen (secondary N) is 1. The summed E-state index contributed by atoms with van der Waals surface area (Å²) in [5, 5.41) is 4.78. The van der Waals surface area contributed by atoms with E-state index in [9.17, 15) is 13.2 Å². The van der Waals surface area contributed by atoms with Crippen LogP contribution in [0.4, 0.5) is 29.5 Å². The van der Waals surface area contributed by atoms with Gasteiger partial charge in [-0.05, 0) is 36.4 Å². The number of nitrogen functional groups attached to an aromatic ring is 1. The van der Waals surface area contributed by atoms with Crippen molar-refractivity contribution in [2.75, 3.05) is 11.1 Å². The largest absolute Gasteiger partial charge is 0.416 e. The van der Waals surface area contributed by atoms with E-state index in [-0.39, 0.29) is 12.4 Å². The van der Waals surface area contributed by atoms with Crippen LogP contribution in [0.2, 0.25) is 5.02 Å². The first-order chi connectivity index (χ1) is 10.3. The molecule has 0 radical (unpaired) electrons. The lowest BCUT2D eigenvalue weighted by Gasteiger charge is -2.11. The number of hydrogen-bond donors (Lipinski definition) is 2. The second kappa shape index (κ2) is 6.47. The fraction of sp³-hybridized carbons (Fsp3) is 0.0667. The molecule has 0 saturated carbocycles. The molecule has 0 aliphatic carbocycles. The molecule has 0 unspecified atom stereocenters. The molecule has 0 amide bonds. The van der Waals surface area contributed by atoms with Gasteiger partial charge in [0.15, 0.2) is 0 Å². The molecule has 3 rings (SSSR count). The minimum absolute atomic E-state index is 0. The lowest BCUT2D eigenvalue weighted by atomic mass is 10.2. The summed E-state index contributed by atoms with van der Waals surface area (Å²) in [6, 6.07) is 10.3. The Morgan fingerprint density at radius 2 is 1.83 bits per heavy atom. The SMILES string of the molecule is Cl.Nc1sc2ccc(Cl)cc2c1Nc1cccc(C(F)(F)F)c1. The number of benzene rings is 2. The average molecular weight is 379 g/mol. The number of alkyl halides is 3. The summed E-state index contributed by atoms with van der Waals surface area (Å²) in [6.07, 6.45) is -4.39. The van der Waals surface area contributed by atoms with Crippen molar-refractivity contribution in [2.24, 2.45) is 0 Å². The normalized spacial score (nSPS) is 11.3. The van der Waals surface area contributed by atoms with Gasteiger partial charge in [0, 0.05) is 20.8 Å². The van der Waals surface area contributed by atoms with Gasteiger partial charge >= 0.3 is 6.18 Å². The van der Waals surface area contributed by atoms with Gasteiger partial charge in [0.2, 0.25) is 0 Å². The topological polar surface area (TPSA) is 38.0 Å². The molecular formula is C15H11Cl2F3N2S. The molecule has 0 spiro atoms. The average Bonchev–Trinajstić information content (AvgIpc) is 2.75. The van der Waals surface area contributed by atoms with Crippen LogP contribution < -0.4 is 11.1 Å². The van der Waals surface area contributed by atoms with Crippen LogP contribution in [0.3, 0.4) is 0 Å². The molecule has 2 aromatic carbocycles. The highest BCUT2D eigenvalue weighted by molar-refractivity contribution is 7.23. The Labute approximate surface area is 145 Å². The molecule has 0 saturated heterocycles. The monoisotopic (exact) mass is 378 g/mol. The van der Waals surface area contributed by atoms with Crippen LogP contribution in [0.15, 0.2) is 42.5 Å². The smallest absolute Gasteiger partial charge is 0.389 e. The summed E-state index contributed by atoms with van der Waals surface area (Å²) in [5.41, 5.74) is 6.14. The quantitative estimate of drug-likeness (QED) is 0.547. The fourth-order valence-corrected chi connectivity index (χ4v) is 3.21. The third kappa shape index (κ3) is 3.65. The third-order valence-corrected chi connectivity index (χ3v) is 4.37. The van der Waals surface area contributed by atoms with Crippen LogP contribution in [0.1, 0.15) is 5.56 Å². The fourth-order valence-electron chi connectivity index (χ4n) is 2.14. The first kappa shape index (κ1) is 17.7. The summed E-state index contributed by atoms with van der Waals surface area (Å²) in [4.78, 5) is 0. The molecule has 3 N–H and O–H groups in total. The highest BCUT2D eigenvalue weighted by Crippen LogP contribution is 2.41. The van der Waals surface area contributed by atoms with Crippen LogP contribution in [0.25, 0.3) is 10.1 Å². The first-order valence-corrected chi connectivity index (χ1v) is 7.46. The minimum Gasteiger partial charge on any atom is -0.389 e. The molecule has 23 heavy (non-hydrogen) atoms. The van der Waals surface area contributed by atoms with E-state index in [0.29, 0.717) is 21.4 Å². The predicted molar refractivity (Wildman–Crippen MR) is 93.2 cm³/mol. The Morgan fingerprint density at radius 1 is 1.09 bits per heavy atom. The van der Waals surface area contributed by atoms with Gasteiger partial charge in [0.1, 0.15) is 5.00 Å². The Hall–Kier alpha value is -1.63. The van der Waals surface area contributed by atoms with Crippen LogP contribution in [-0.4, -0.2) is 0 Å². The molecule has 1 heterocycles. The molecule has 0 fully saturated rings. The lowest BCUT2D eigenvalue weighted by Crippen LogP contribution is -2.05. The maximum absolute atomic E-state index is 12.8. The number of nitrogens with two attached hydrogens (primary N) is 1. The molecule has 3 aromatic rings. The second-order valence-electron chi connectivity index (χ2n) is 4.69. The molecule has 0 bridgehead atoms. The van der Waals surface area contributed by atoms with E-state index in [0.717, 1.165) is 22.2 Å². The molecule has 122 valence electrons.